The monoisotopic (exact) mass is 502 g/mol. The molecule has 2 aliphatic rings. The van der Waals surface area contributed by atoms with Crippen LogP contribution in [0.4, 0.5) is 11.4 Å². The Morgan fingerprint density at radius 3 is 1.95 bits per heavy atom. The molecule has 37 heavy (non-hydrogen) atoms. The second kappa shape index (κ2) is 9.30. The highest BCUT2D eigenvalue weighted by Crippen LogP contribution is 2.53. The first kappa shape index (κ1) is 23.1. The summed E-state index contributed by atoms with van der Waals surface area (Å²) in [4.78, 5) is 18.2. The number of nitrogens with zero attached hydrogens (tertiary/aromatic N) is 4. The maximum atomic E-state index is 14.3. The van der Waals surface area contributed by atoms with Crippen molar-refractivity contribution < 1.29 is 4.79 Å². The minimum absolute atomic E-state index is 0.0767. The Hall–Kier alpha value is -4.29. The Labute approximate surface area is 221 Å². The number of thioether (sulfide) groups is 1. The van der Waals surface area contributed by atoms with Crippen LogP contribution in [0.2, 0.25) is 0 Å². The van der Waals surface area contributed by atoms with Crippen LogP contribution in [0, 0.1) is 6.92 Å². The summed E-state index contributed by atoms with van der Waals surface area (Å²) in [5, 5.41) is 6.98. The van der Waals surface area contributed by atoms with Crippen LogP contribution < -0.4 is 9.91 Å². The summed E-state index contributed by atoms with van der Waals surface area (Å²) in [5.41, 5.74) is 5.48. The number of hydrogen-bond acceptors (Lipinski definition) is 5. The Bertz CT molecular complexity index is 1490. The fourth-order valence-corrected chi connectivity index (χ4v) is 6.11. The summed E-state index contributed by atoms with van der Waals surface area (Å²) < 4.78 is 0. The second-order valence-corrected chi connectivity index (χ2v) is 10.2. The van der Waals surface area contributed by atoms with Crippen LogP contribution in [0.25, 0.3) is 6.08 Å². The molecule has 0 N–H and O–H groups in total. The molecule has 6 rings (SSSR count). The van der Waals surface area contributed by atoms with Crippen LogP contribution in [-0.4, -0.2) is 28.0 Å². The first-order valence-electron chi connectivity index (χ1n) is 12.2. The van der Waals surface area contributed by atoms with Crippen molar-refractivity contribution in [2.75, 3.05) is 17.0 Å². The van der Waals surface area contributed by atoms with Gasteiger partial charge in [-0.05, 0) is 54.6 Å². The number of likely N-dealkylation sites (N-methyl/N-ethyl adjacent to an activating group) is 1. The number of hydrogen-bond donors (Lipinski definition) is 0. The first-order valence-corrected chi connectivity index (χ1v) is 13.0. The number of aryl methyl sites for hydroxylation is 1. The van der Waals surface area contributed by atoms with Gasteiger partial charge in [-0.3, -0.25) is 9.69 Å². The molecule has 1 unspecified atom stereocenters. The standard InChI is InChI=1S/C31H26N4OS/c1-23-18-20-24(21-19-23)22-28-30(36)34(26-14-8-4-9-15-26)31(33(28)2)35(27-16-10-5-11-17-27)32-29(37-31)25-12-6-3-7-13-25/h3-22H,1-2H3/b28-22+. The highest BCUT2D eigenvalue weighted by atomic mass is 32.2. The van der Waals surface area contributed by atoms with E-state index in [4.69, 9.17) is 5.10 Å². The average Bonchev–Trinajstić information content (AvgIpc) is 3.43. The van der Waals surface area contributed by atoms with Crippen molar-refractivity contribution >= 4 is 40.2 Å². The van der Waals surface area contributed by atoms with Crippen LogP contribution in [0.3, 0.4) is 0 Å². The first-order chi connectivity index (χ1) is 18.1. The quantitative estimate of drug-likeness (QED) is 0.297. The molecule has 182 valence electrons. The molecule has 1 fully saturated rings. The third-order valence-corrected chi connectivity index (χ3v) is 8.04. The minimum Gasteiger partial charge on any atom is -0.319 e. The molecule has 0 aliphatic carbocycles. The van der Waals surface area contributed by atoms with Crippen molar-refractivity contribution in [1.29, 1.82) is 0 Å². The Morgan fingerprint density at radius 2 is 1.32 bits per heavy atom. The summed E-state index contributed by atoms with van der Waals surface area (Å²) in [6.07, 6.45) is 1.97. The summed E-state index contributed by atoms with van der Waals surface area (Å²) in [5.74, 6) is -0.0767. The predicted octanol–water partition coefficient (Wildman–Crippen LogP) is 6.54. The highest BCUT2D eigenvalue weighted by Gasteiger charge is 2.61. The SMILES string of the molecule is Cc1ccc(/C=C2\C(=O)N(c3ccccc3)C3(SC(c4ccccc4)=NN3c3ccccc3)N2C)cc1. The Morgan fingerprint density at radius 1 is 0.757 bits per heavy atom. The molecule has 2 aliphatic heterocycles. The lowest BCUT2D eigenvalue weighted by Crippen LogP contribution is -2.59. The van der Waals surface area contributed by atoms with E-state index in [0.717, 1.165) is 27.5 Å². The van der Waals surface area contributed by atoms with E-state index in [1.807, 2.05) is 114 Å². The van der Waals surface area contributed by atoms with E-state index in [9.17, 15) is 4.79 Å². The van der Waals surface area contributed by atoms with Crippen molar-refractivity contribution in [2.24, 2.45) is 5.10 Å². The molecular formula is C31H26N4OS. The third kappa shape index (κ3) is 3.90. The fraction of sp³-hybridized carbons (Fsp3) is 0.0968. The van der Waals surface area contributed by atoms with Gasteiger partial charge >= 0.3 is 0 Å². The highest BCUT2D eigenvalue weighted by molar-refractivity contribution is 8.16. The predicted molar refractivity (Wildman–Crippen MR) is 153 cm³/mol. The lowest BCUT2D eigenvalue weighted by molar-refractivity contribution is -0.114. The summed E-state index contributed by atoms with van der Waals surface area (Å²) in [7, 11) is 1.98. The topological polar surface area (TPSA) is 39.2 Å². The maximum absolute atomic E-state index is 14.3. The van der Waals surface area contributed by atoms with Gasteiger partial charge in [-0.25, -0.2) is 5.01 Å². The molecule has 1 atom stereocenters. The number of carbonyl (C=O) groups is 1. The van der Waals surface area contributed by atoms with E-state index in [1.165, 1.54) is 5.56 Å². The van der Waals surface area contributed by atoms with Crippen LogP contribution in [0.1, 0.15) is 16.7 Å². The van der Waals surface area contributed by atoms with Crippen molar-refractivity contribution in [1.82, 2.24) is 4.90 Å². The van der Waals surface area contributed by atoms with Crippen molar-refractivity contribution in [3.63, 3.8) is 0 Å². The summed E-state index contributed by atoms with van der Waals surface area (Å²) in [6, 6.07) is 38.2. The van der Waals surface area contributed by atoms with Gasteiger partial charge < -0.3 is 4.90 Å². The minimum atomic E-state index is -0.971. The lowest BCUT2D eigenvalue weighted by Gasteiger charge is -2.43. The van der Waals surface area contributed by atoms with E-state index in [-0.39, 0.29) is 5.91 Å². The molecule has 1 amide bonds. The van der Waals surface area contributed by atoms with Gasteiger partial charge in [-0.1, -0.05) is 96.6 Å². The van der Waals surface area contributed by atoms with Crippen molar-refractivity contribution in [3.05, 3.63) is 138 Å². The van der Waals surface area contributed by atoms with E-state index in [2.05, 4.69) is 36.1 Å². The van der Waals surface area contributed by atoms with Crippen molar-refractivity contribution in [3.8, 4) is 0 Å². The number of rotatable bonds is 4. The molecule has 0 aromatic heterocycles. The van der Waals surface area contributed by atoms with Gasteiger partial charge in [-0.2, -0.15) is 5.10 Å². The summed E-state index contributed by atoms with van der Waals surface area (Å²) in [6.45, 7) is 2.06. The summed E-state index contributed by atoms with van der Waals surface area (Å²) >= 11 is 1.57. The fourth-order valence-electron chi connectivity index (χ4n) is 4.73. The molecular weight excluding hydrogens is 476 g/mol. The molecule has 0 radical (unpaired) electrons. The molecule has 2 heterocycles. The van der Waals surface area contributed by atoms with Gasteiger partial charge in [0.15, 0.2) is 0 Å². The van der Waals surface area contributed by atoms with E-state index in [1.54, 1.807) is 11.8 Å². The second-order valence-electron chi connectivity index (χ2n) is 9.07. The van der Waals surface area contributed by atoms with E-state index in [0.29, 0.717) is 5.70 Å². The number of amides is 1. The van der Waals surface area contributed by atoms with Crippen LogP contribution in [0.5, 0.6) is 0 Å². The Balaban J connectivity index is 1.56. The number of carbonyl (C=O) groups excluding carboxylic acids is 1. The molecule has 0 saturated carbocycles. The van der Waals surface area contributed by atoms with Crippen LogP contribution in [0.15, 0.2) is 126 Å². The lowest BCUT2D eigenvalue weighted by atomic mass is 10.1. The van der Waals surface area contributed by atoms with Gasteiger partial charge in [0.2, 0.25) is 0 Å². The zero-order valence-corrected chi connectivity index (χ0v) is 21.5. The molecule has 0 bridgehead atoms. The molecule has 1 spiro atoms. The maximum Gasteiger partial charge on any atom is 0.278 e. The van der Waals surface area contributed by atoms with Gasteiger partial charge in [0.1, 0.15) is 10.7 Å². The molecule has 4 aromatic carbocycles. The molecule has 1 saturated heterocycles. The smallest absolute Gasteiger partial charge is 0.278 e. The van der Waals surface area contributed by atoms with Crippen molar-refractivity contribution in [2.45, 2.75) is 12.0 Å². The zero-order chi connectivity index (χ0) is 25.4. The van der Waals surface area contributed by atoms with Gasteiger partial charge in [0.05, 0.1) is 5.69 Å². The average molecular weight is 503 g/mol. The number of anilines is 2. The normalized spacial score (nSPS) is 20.3. The van der Waals surface area contributed by atoms with Crippen LogP contribution >= 0.6 is 11.8 Å². The van der Waals surface area contributed by atoms with E-state index >= 15 is 0 Å². The zero-order valence-electron chi connectivity index (χ0n) is 20.7. The number of benzene rings is 4. The molecule has 4 aromatic rings. The van der Waals surface area contributed by atoms with Gasteiger partial charge in [-0.15, -0.1) is 0 Å². The van der Waals surface area contributed by atoms with Crippen LogP contribution in [-0.2, 0) is 4.79 Å². The molecule has 6 heteroatoms. The number of hydrazone groups is 1. The largest absolute Gasteiger partial charge is 0.319 e. The van der Waals surface area contributed by atoms with Gasteiger partial charge in [0.25, 0.3) is 11.0 Å². The van der Waals surface area contributed by atoms with E-state index < -0.39 is 5.12 Å². The number of para-hydroxylation sites is 2. The van der Waals surface area contributed by atoms with Gasteiger partial charge in [0, 0.05) is 18.3 Å². The third-order valence-electron chi connectivity index (χ3n) is 6.63. The Kier molecular flexibility index (Phi) is 5.81. The molecule has 5 nitrogen and oxygen atoms in total.